The van der Waals surface area contributed by atoms with E-state index < -0.39 is 26.1 Å². The third kappa shape index (κ3) is 5.73. The Bertz CT molecular complexity index is 1840. The van der Waals surface area contributed by atoms with E-state index >= 15 is 0 Å². The molecule has 2 aliphatic rings. The zero-order chi connectivity index (χ0) is 30.5. The number of imidazole rings is 1. The molecule has 15 heteroatoms. The van der Waals surface area contributed by atoms with Gasteiger partial charge in [0, 0.05) is 61.1 Å². The van der Waals surface area contributed by atoms with Gasteiger partial charge in [0.1, 0.15) is 16.7 Å². The molecule has 3 aromatic heterocycles. The number of aryl methyl sites for hydroxylation is 1. The number of hydrogen-bond donors (Lipinski definition) is 3. The Morgan fingerprint density at radius 2 is 1.86 bits per heavy atom. The van der Waals surface area contributed by atoms with Crippen molar-refractivity contribution in [3.8, 4) is 17.1 Å². The second-order valence-corrected chi connectivity index (χ2v) is 15.0. The lowest BCUT2D eigenvalue weighted by atomic mass is 10.2. The molecule has 0 unspecified atom stereocenters. The fraction of sp³-hybridized carbons (Fsp3) is 0.429. The number of nitrogens with zero attached hydrogens (tertiary/aromatic N) is 5. The summed E-state index contributed by atoms with van der Waals surface area (Å²) >= 11 is 3.62. The topological polar surface area (TPSA) is 143 Å². The fourth-order valence-electron chi connectivity index (χ4n) is 5.88. The first-order valence-corrected chi connectivity index (χ1v) is 17.6. The Morgan fingerprint density at radius 3 is 2.56 bits per heavy atom. The number of nitrogens with one attached hydrogen (secondary N) is 2. The highest BCUT2D eigenvalue weighted by molar-refractivity contribution is 9.10. The molecule has 0 spiro atoms. The standard InChI is InChI=1S/C28H34BrN7O5S2/c1-17-14-23(18(2)36(17)21-4-6-22(7-5-21)43(39,40)35-10-12-41-13-11-35)27-32-26-25(24(29)15-30-28(26)33-27)31-20-8-9-34(16-20)19(3)42(37)38/h4-7,14-15,19-20,42H,8-13,16H2,1-3H3,(H2,30,31,32,33)/t19-,20-/m0/s1. The van der Waals surface area contributed by atoms with E-state index in [4.69, 9.17) is 9.72 Å². The smallest absolute Gasteiger partial charge is 0.243 e. The van der Waals surface area contributed by atoms with E-state index in [9.17, 15) is 16.8 Å². The Labute approximate surface area is 260 Å². The first kappa shape index (κ1) is 30.2. The molecule has 230 valence electrons. The van der Waals surface area contributed by atoms with Crippen LogP contribution in [-0.2, 0) is 25.5 Å². The third-order valence-electron chi connectivity index (χ3n) is 8.26. The van der Waals surface area contributed by atoms with Gasteiger partial charge in [0.05, 0.1) is 28.3 Å². The predicted octanol–water partition coefficient (Wildman–Crippen LogP) is 3.26. The minimum absolute atomic E-state index is 0.0690. The normalized spacial score (nSPS) is 19.4. The van der Waals surface area contributed by atoms with Crippen LogP contribution in [0.3, 0.4) is 0 Å². The molecule has 0 aliphatic carbocycles. The molecule has 12 nitrogen and oxygen atoms in total. The van der Waals surface area contributed by atoms with Crippen LogP contribution >= 0.6 is 15.9 Å². The zero-order valence-corrected chi connectivity index (χ0v) is 27.4. The minimum Gasteiger partial charge on any atom is -0.379 e. The van der Waals surface area contributed by atoms with Gasteiger partial charge in [-0.2, -0.15) is 4.31 Å². The highest BCUT2D eigenvalue weighted by Gasteiger charge is 2.29. The van der Waals surface area contributed by atoms with Crippen LogP contribution in [0.5, 0.6) is 0 Å². The second-order valence-electron chi connectivity index (χ2n) is 10.9. The van der Waals surface area contributed by atoms with Gasteiger partial charge in [-0.25, -0.2) is 26.8 Å². The van der Waals surface area contributed by atoms with E-state index in [-0.39, 0.29) is 10.9 Å². The average molecular weight is 693 g/mol. The molecule has 2 aliphatic heterocycles. The first-order chi connectivity index (χ1) is 20.5. The second kappa shape index (κ2) is 11.9. The van der Waals surface area contributed by atoms with Crippen molar-refractivity contribution >= 4 is 53.5 Å². The Kier molecular flexibility index (Phi) is 8.39. The number of halogens is 1. The maximum atomic E-state index is 13.1. The molecular weight excluding hydrogens is 658 g/mol. The van der Waals surface area contributed by atoms with Gasteiger partial charge in [0.25, 0.3) is 0 Å². The third-order valence-corrected chi connectivity index (χ3v) is 11.7. The van der Waals surface area contributed by atoms with Gasteiger partial charge < -0.3 is 19.6 Å². The molecule has 0 radical (unpaired) electrons. The highest BCUT2D eigenvalue weighted by Crippen LogP contribution is 2.35. The van der Waals surface area contributed by atoms with Crippen LogP contribution in [0, 0.1) is 13.8 Å². The number of morpholine rings is 1. The SMILES string of the molecule is Cc1cc(-c2nc3c(N[C@H]4CCN([C@H](C)[SH](=O)=O)C4)c(Br)cnc3[nH]2)c(C)n1-c1ccc(S(=O)(=O)N2CCOCC2)cc1. The molecule has 0 bridgehead atoms. The number of fused-ring (bicyclic) bond motifs is 1. The van der Waals surface area contributed by atoms with Crippen molar-refractivity contribution in [3.63, 3.8) is 0 Å². The fourth-order valence-corrected chi connectivity index (χ4v) is 8.17. The van der Waals surface area contributed by atoms with Crippen LogP contribution in [0.4, 0.5) is 5.69 Å². The summed E-state index contributed by atoms with van der Waals surface area (Å²) in [6.07, 6.45) is 2.54. The van der Waals surface area contributed by atoms with Crippen LogP contribution in [0.15, 0.2) is 45.9 Å². The number of benzene rings is 1. The van der Waals surface area contributed by atoms with Crippen molar-refractivity contribution in [2.75, 3.05) is 44.7 Å². The number of ether oxygens (including phenoxy) is 1. The molecule has 2 N–H and O–H groups in total. The maximum absolute atomic E-state index is 13.1. The van der Waals surface area contributed by atoms with E-state index in [0.717, 1.165) is 39.2 Å². The van der Waals surface area contributed by atoms with Crippen molar-refractivity contribution in [1.29, 1.82) is 0 Å². The largest absolute Gasteiger partial charge is 0.379 e. The summed E-state index contributed by atoms with van der Waals surface area (Å²) in [6, 6.07) is 9.07. The molecule has 0 amide bonds. The number of H-pyrrole nitrogens is 1. The van der Waals surface area contributed by atoms with Gasteiger partial charge in [-0.15, -0.1) is 0 Å². The van der Waals surface area contributed by atoms with Gasteiger partial charge in [0.15, 0.2) is 16.4 Å². The Hall–Kier alpha value is -2.82. The quantitative estimate of drug-likeness (QED) is 0.237. The zero-order valence-electron chi connectivity index (χ0n) is 24.1. The van der Waals surface area contributed by atoms with Crippen LogP contribution in [0.25, 0.3) is 28.2 Å². The summed E-state index contributed by atoms with van der Waals surface area (Å²) < 4.78 is 58.8. The van der Waals surface area contributed by atoms with Crippen molar-refractivity contribution in [2.24, 2.45) is 0 Å². The molecule has 43 heavy (non-hydrogen) atoms. The predicted molar refractivity (Wildman–Crippen MR) is 169 cm³/mol. The number of pyridine rings is 1. The summed E-state index contributed by atoms with van der Waals surface area (Å²) in [5.41, 5.74) is 5.80. The number of rotatable bonds is 8. The lowest BCUT2D eigenvalue weighted by molar-refractivity contribution is 0.0730. The van der Waals surface area contributed by atoms with E-state index in [1.807, 2.05) is 36.9 Å². The molecule has 4 aromatic rings. The Balaban J connectivity index is 1.28. The number of aromatic amines is 1. The molecule has 5 heterocycles. The van der Waals surface area contributed by atoms with Crippen LogP contribution in [0.2, 0.25) is 0 Å². The van der Waals surface area contributed by atoms with E-state index in [2.05, 4.69) is 35.8 Å². The monoisotopic (exact) mass is 691 g/mol. The number of aromatic nitrogens is 4. The van der Waals surface area contributed by atoms with Crippen LogP contribution in [0.1, 0.15) is 24.7 Å². The number of hydrogen-bond acceptors (Lipinski definition) is 9. The lowest BCUT2D eigenvalue weighted by Gasteiger charge is -2.26. The lowest BCUT2D eigenvalue weighted by Crippen LogP contribution is -2.40. The molecule has 0 saturated carbocycles. The van der Waals surface area contributed by atoms with E-state index in [0.29, 0.717) is 56.4 Å². The number of anilines is 1. The first-order valence-electron chi connectivity index (χ1n) is 14.1. The minimum atomic E-state index is -3.58. The van der Waals surface area contributed by atoms with Gasteiger partial charge in [-0.05, 0) is 73.5 Å². The summed E-state index contributed by atoms with van der Waals surface area (Å²) in [5, 5.41) is 3.07. The highest BCUT2D eigenvalue weighted by atomic mass is 79.9. The summed E-state index contributed by atoms with van der Waals surface area (Å²) in [6.45, 7) is 8.55. The van der Waals surface area contributed by atoms with Crippen molar-refractivity contribution < 1.29 is 21.6 Å². The summed E-state index contributed by atoms with van der Waals surface area (Å²) in [7, 11) is -6.09. The number of likely N-dealkylation sites (tertiary alicyclic amines) is 1. The summed E-state index contributed by atoms with van der Waals surface area (Å²) in [5.74, 6) is 0.666. The van der Waals surface area contributed by atoms with Crippen LogP contribution < -0.4 is 5.32 Å². The average Bonchev–Trinajstić information content (AvgIpc) is 3.72. The van der Waals surface area contributed by atoms with E-state index in [1.165, 1.54) is 4.31 Å². The van der Waals surface area contributed by atoms with E-state index in [1.54, 1.807) is 25.3 Å². The van der Waals surface area contributed by atoms with Crippen molar-refractivity contribution in [1.82, 2.24) is 28.7 Å². The molecule has 2 fully saturated rings. The van der Waals surface area contributed by atoms with Gasteiger partial charge in [-0.1, -0.05) is 0 Å². The summed E-state index contributed by atoms with van der Waals surface area (Å²) in [4.78, 5) is 15.1. The van der Waals surface area contributed by atoms with Crippen LogP contribution in [-0.4, -0.2) is 96.4 Å². The van der Waals surface area contributed by atoms with Gasteiger partial charge in [0.2, 0.25) is 10.0 Å². The Morgan fingerprint density at radius 1 is 1.14 bits per heavy atom. The molecule has 6 rings (SSSR count). The maximum Gasteiger partial charge on any atom is 0.243 e. The molecular formula is C28H34BrN7O5S2. The van der Waals surface area contributed by atoms with Gasteiger partial charge in [-0.3, -0.25) is 4.90 Å². The van der Waals surface area contributed by atoms with Crippen molar-refractivity contribution in [2.45, 2.75) is 43.5 Å². The number of thiol groups is 1. The van der Waals surface area contributed by atoms with Crippen molar-refractivity contribution in [3.05, 3.63) is 52.4 Å². The number of sulfonamides is 1. The molecule has 2 saturated heterocycles. The van der Waals surface area contributed by atoms with Gasteiger partial charge >= 0.3 is 0 Å². The molecule has 2 atom stereocenters. The molecule has 1 aromatic carbocycles.